The first-order valence-electron chi connectivity index (χ1n) is 6.82. The van der Waals surface area contributed by atoms with E-state index in [1.807, 2.05) is 18.2 Å². The molecular weight excluding hydrogens is 288 g/mol. The maximum absolute atomic E-state index is 12.2. The summed E-state index contributed by atoms with van der Waals surface area (Å²) in [5.41, 5.74) is 0.177. The Hall–Kier alpha value is -1.83. The molecule has 0 aromatic heterocycles. The molecule has 0 fully saturated rings. The van der Waals surface area contributed by atoms with Crippen LogP contribution in [0.15, 0.2) is 42.5 Å². The van der Waals surface area contributed by atoms with Crippen LogP contribution in [0.3, 0.4) is 0 Å². The van der Waals surface area contributed by atoms with Crippen molar-refractivity contribution in [3.8, 4) is 0 Å². The Morgan fingerprint density at radius 3 is 2.18 bits per heavy atom. The molecule has 0 aliphatic rings. The third-order valence-electron chi connectivity index (χ3n) is 3.56. The van der Waals surface area contributed by atoms with Gasteiger partial charge in [0.25, 0.3) is 0 Å². The van der Waals surface area contributed by atoms with Crippen molar-refractivity contribution in [2.75, 3.05) is 6.61 Å². The molecule has 0 saturated heterocycles. The van der Waals surface area contributed by atoms with Gasteiger partial charge in [-0.05, 0) is 16.8 Å². The number of hydrogen-bond acceptors (Lipinski definition) is 6. The molecule has 6 nitrogen and oxygen atoms in total. The fraction of sp³-hybridized carbons (Fsp3) is 0.312. The number of carbonyl (C=O) groups excluding carboxylic acids is 1. The number of rotatable bonds is 6. The van der Waals surface area contributed by atoms with Crippen LogP contribution in [-0.2, 0) is 0 Å². The number of Topliss-reactive ketones (excluding diaryl/α,β-unsaturated/α-hetero) is 1. The molecule has 4 atom stereocenters. The average molecular weight is 306 g/mol. The summed E-state index contributed by atoms with van der Waals surface area (Å²) in [4.78, 5) is 12.2. The number of ketones is 1. The minimum Gasteiger partial charge on any atom is -0.394 e. The Morgan fingerprint density at radius 1 is 0.909 bits per heavy atom. The van der Waals surface area contributed by atoms with Crippen LogP contribution in [0, 0.1) is 0 Å². The number of aliphatic hydroxyl groups is 5. The number of carbonyl (C=O) groups is 1. The second kappa shape index (κ2) is 6.95. The Balaban J connectivity index is 2.21. The summed E-state index contributed by atoms with van der Waals surface area (Å²) >= 11 is 0. The van der Waals surface area contributed by atoms with Crippen molar-refractivity contribution in [1.82, 2.24) is 0 Å². The predicted molar refractivity (Wildman–Crippen MR) is 79.4 cm³/mol. The average Bonchev–Trinajstić information content (AvgIpc) is 2.57. The van der Waals surface area contributed by atoms with E-state index in [1.165, 1.54) is 6.07 Å². The van der Waals surface area contributed by atoms with Crippen LogP contribution in [0.2, 0.25) is 0 Å². The van der Waals surface area contributed by atoms with E-state index in [-0.39, 0.29) is 5.56 Å². The van der Waals surface area contributed by atoms with Gasteiger partial charge in [0.2, 0.25) is 0 Å². The minimum absolute atomic E-state index is 0.177. The molecule has 118 valence electrons. The van der Waals surface area contributed by atoms with Gasteiger partial charge < -0.3 is 25.5 Å². The lowest BCUT2D eigenvalue weighted by Crippen LogP contribution is -2.48. The van der Waals surface area contributed by atoms with Crippen LogP contribution in [0.25, 0.3) is 10.8 Å². The van der Waals surface area contributed by atoms with Crippen molar-refractivity contribution in [2.45, 2.75) is 24.4 Å². The van der Waals surface area contributed by atoms with Crippen LogP contribution >= 0.6 is 0 Å². The lowest BCUT2D eigenvalue weighted by molar-refractivity contribution is -0.105. The van der Waals surface area contributed by atoms with E-state index in [0.29, 0.717) is 0 Å². The minimum atomic E-state index is -1.91. The van der Waals surface area contributed by atoms with Crippen LogP contribution in [-0.4, -0.2) is 62.3 Å². The van der Waals surface area contributed by atoms with E-state index in [4.69, 9.17) is 5.11 Å². The highest BCUT2D eigenvalue weighted by Gasteiger charge is 2.34. The summed E-state index contributed by atoms with van der Waals surface area (Å²) in [5, 5.41) is 48.9. The molecule has 0 aliphatic heterocycles. The molecule has 0 unspecified atom stereocenters. The van der Waals surface area contributed by atoms with Gasteiger partial charge >= 0.3 is 0 Å². The predicted octanol–water partition coefficient (Wildman–Crippen LogP) is -0.542. The molecule has 22 heavy (non-hydrogen) atoms. The number of aliphatic hydroxyl groups excluding tert-OH is 5. The summed E-state index contributed by atoms with van der Waals surface area (Å²) in [6, 6.07) is 12.1. The fourth-order valence-electron chi connectivity index (χ4n) is 2.19. The first-order valence-corrected chi connectivity index (χ1v) is 6.82. The second-order valence-electron chi connectivity index (χ2n) is 5.10. The molecule has 0 saturated carbocycles. The van der Waals surface area contributed by atoms with E-state index in [0.717, 1.165) is 10.8 Å². The fourth-order valence-corrected chi connectivity index (χ4v) is 2.19. The SMILES string of the molecule is O=C(c1ccc2ccccc2c1)[C@H](O)[C@@H](O)[C@H](O)[C@H](O)CO. The van der Waals surface area contributed by atoms with Crippen molar-refractivity contribution < 1.29 is 30.3 Å². The lowest BCUT2D eigenvalue weighted by atomic mass is 9.95. The van der Waals surface area contributed by atoms with E-state index >= 15 is 0 Å². The van der Waals surface area contributed by atoms with E-state index in [9.17, 15) is 25.2 Å². The van der Waals surface area contributed by atoms with Gasteiger partial charge in [0, 0.05) is 5.56 Å². The van der Waals surface area contributed by atoms with Gasteiger partial charge in [-0.15, -0.1) is 0 Å². The van der Waals surface area contributed by atoms with Crippen molar-refractivity contribution in [1.29, 1.82) is 0 Å². The molecule has 0 amide bonds. The van der Waals surface area contributed by atoms with Gasteiger partial charge in [0.1, 0.15) is 24.4 Å². The smallest absolute Gasteiger partial charge is 0.194 e. The van der Waals surface area contributed by atoms with Crippen molar-refractivity contribution in [2.24, 2.45) is 0 Å². The van der Waals surface area contributed by atoms with Gasteiger partial charge in [-0.1, -0.05) is 36.4 Å². The van der Waals surface area contributed by atoms with Crippen molar-refractivity contribution >= 4 is 16.6 Å². The number of hydrogen-bond donors (Lipinski definition) is 5. The molecule has 0 spiro atoms. The van der Waals surface area contributed by atoms with Crippen molar-refractivity contribution in [3.63, 3.8) is 0 Å². The summed E-state index contributed by atoms with van der Waals surface area (Å²) in [6.45, 7) is -0.797. The number of fused-ring (bicyclic) bond motifs is 1. The molecule has 0 heterocycles. The number of benzene rings is 2. The van der Waals surface area contributed by atoms with Crippen LogP contribution in [0.5, 0.6) is 0 Å². The summed E-state index contributed by atoms with van der Waals surface area (Å²) < 4.78 is 0. The highest BCUT2D eigenvalue weighted by Crippen LogP contribution is 2.18. The van der Waals surface area contributed by atoms with Crippen LogP contribution in [0.4, 0.5) is 0 Å². The molecule has 0 aliphatic carbocycles. The van der Waals surface area contributed by atoms with E-state index in [1.54, 1.807) is 18.2 Å². The largest absolute Gasteiger partial charge is 0.394 e. The Morgan fingerprint density at radius 2 is 1.55 bits per heavy atom. The molecule has 0 radical (unpaired) electrons. The highest BCUT2D eigenvalue weighted by molar-refractivity contribution is 6.02. The molecule has 2 aromatic rings. The van der Waals surface area contributed by atoms with Crippen molar-refractivity contribution in [3.05, 3.63) is 48.0 Å². The van der Waals surface area contributed by atoms with E-state index < -0.39 is 36.8 Å². The molecular formula is C16H18O6. The zero-order valence-corrected chi connectivity index (χ0v) is 11.7. The normalized spacial score (nSPS) is 17.0. The Kier molecular flexibility index (Phi) is 5.23. The molecule has 2 aromatic carbocycles. The Bertz CT molecular complexity index is 656. The summed E-state index contributed by atoms with van der Waals surface area (Å²) in [7, 11) is 0. The standard InChI is InChI=1S/C16H18O6/c17-8-12(18)14(20)16(22)15(21)13(19)11-6-5-9-3-1-2-4-10(9)7-11/h1-7,12,14-18,20-22H,8H2/t12-,14-,15+,16+/m1/s1. The first-order chi connectivity index (χ1) is 10.5. The molecule has 6 heteroatoms. The third-order valence-corrected chi connectivity index (χ3v) is 3.56. The Labute approximate surface area is 126 Å². The van der Waals surface area contributed by atoms with Crippen LogP contribution in [0.1, 0.15) is 10.4 Å². The third kappa shape index (κ3) is 3.32. The zero-order valence-electron chi connectivity index (χ0n) is 11.7. The van der Waals surface area contributed by atoms with Gasteiger partial charge in [-0.2, -0.15) is 0 Å². The van der Waals surface area contributed by atoms with E-state index in [2.05, 4.69) is 0 Å². The molecule has 2 rings (SSSR count). The lowest BCUT2D eigenvalue weighted by Gasteiger charge is -2.24. The quantitative estimate of drug-likeness (QED) is 0.457. The monoisotopic (exact) mass is 306 g/mol. The van der Waals surface area contributed by atoms with Gasteiger partial charge in [0.05, 0.1) is 6.61 Å². The topological polar surface area (TPSA) is 118 Å². The van der Waals surface area contributed by atoms with Gasteiger partial charge in [-0.25, -0.2) is 0 Å². The second-order valence-corrected chi connectivity index (χ2v) is 5.10. The zero-order chi connectivity index (χ0) is 16.3. The maximum atomic E-state index is 12.2. The highest BCUT2D eigenvalue weighted by atomic mass is 16.4. The summed E-state index contributed by atoms with van der Waals surface area (Å²) in [5.74, 6) is -0.776. The van der Waals surface area contributed by atoms with Gasteiger partial charge in [0.15, 0.2) is 5.78 Å². The van der Waals surface area contributed by atoms with Gasteiger partial charge in [-0.3, -0.25) is 4.79 Å². The molecule has 5 N–H and O–H groups in total. The summed E-state index contributed by atoms with van der Waals surface area (Å²) in [6.07, 6.45) is -7.28. The maximum Gasteiger partial charge on any atom is 0.194 e. The van der Waals surface area contributed by atoms with Crippen LogP contribution < -0.4 is 0 Å². The first kappa shape index (κ1) is 16.5. The molecule has 0 bridgehead atoms.